The van der Waals surface area contributed by atoms with Crippen molar-refractivity contribution in [2.45, 2.75) is 6.10 Å². The van der Waals surface area contributed by atoms with Gasteiger partial charge in [0, 0.05) is 10.8 Å². The minimum Gasteiger partial charge on any atom is -0.496 e. The maximum absolute atomic E-state index is 9.80. The van der Waals surface area contributed by atoms with Gasteiger partial charge in [-0.2, -0.15) is 0 Å². The normalized spacial score (nSPS) is 12.1. The molecule has 1 N–H and O–H groups in total. The second kappa shape index (κ2) is 7.67. The molecule has 2 aromatic rings. The summed E-state index contributed by atoms with van der Waals surface area (Å²) in [5, 5.41) is 11.7. The summed E-state index contributed by atoms with van der Waals surface area (Å²) in [7, 11) is 1.64. The highest BCUT2D eigenvalue weighted by atomic mass is 16.5. The average Bonchev–Trinajstić information content (AvgIpc) is 2.52. The molecule has 0 heterocycles. The number of aliphatic hydroxyl groups is 1. The van der Waals surface area contributed by atoms with Crippen molar-refractivity contribution in [3.05, 3.63) is 49.1 Å². The molecule has 2 aromatic carbocycles. The summed E-state index contributed by atoms with van der Waals surface area (Å²) in [6, 6.07) is 11.5. The van der Waals surface area contributed by atoms with Gasteiger partial charge in [0.25, 0.3) is 0 Å². The molecular formula is C17H20O4. The standard InChI is InChI=1S/C17H20O4/c1-3-10-20-11-13(18)12-21-17-9-8-16(19-2)14-6-4-5-7-15(14)17/h3-9,13,18H,1,10-12H2,2H3. The number of hydrogen-bond donors (Lipinski definition) is 1. The Hall–Kier alpha value is -2.04. The van der Waals surface area contributed by atoms with Gasteiger partial charge in [-0.05, 0) is 12.1 Å². The maximum Gasteiger partial charge on any atom is 0.127 e. The summed E-state index contributed by atoms with van der Waals surface area (Å²) in [5.74, 6) is 1.52. The van der Waals surface area contributed by atoms with E-state index in [9.17, 15) is 5.11 Å². The van der Waals surface area contributed by atoms with Gasteiger partial charge in [0.15, 0.2) is 0 Å². The third-order valence-electron chi connectivity index (χ3n) is 3.04. The number of aliphatic hydroxyl groups excluding tert-OH is 1. The first-order valence-electron chi connectivity index (χ1n) is 6.81. The van der Waals surface area contributed by atoms with Gasteiger partial charge in [0.2, 0.25) is 0 Å². The number of hydrogen-bond acceptors (Lipinski definition) is 4. The van der Waals surface area contributed by atoms with Crippen LogP contribution in [0.3, 0.4) is 0 Å². The molecule has 0 aromatic heterocycles. The Kier molecular flexibility index (Phi) is 5.60. The van der Waals surface area contributed by atoms with Crippen LogP contribution < -0.4 is 9.47 Å². The molecule has 2 rings (SSSR count). The maximum atomic E-state index is 9.80. The van der Waals surface area contributed by atoms with E-state index in [0.717, 1.165) is 16.5 Å². The summed E-state index contributed by atoms with van der Waals surface area (Å²) in [4.78, 5) is 0. The van der Waals surface area contributed by atoms with E-state index in [1.165, 1.54) is 0 Å². The van der Waals surface area contributed by atoms with Gasteiger partial charge in [-0.15, -0.1) is 6.58 Å². The quantitative estimate of drug-likeness (QED) is 0.599. The van der Waals surface area contributed by atoms with Gasteiger partial charge in [-0.25, -0.2) is 0 Å². The zero-order valence-corrected chi connectivity index (χ0v) is 12.1. The van der Waals surface area contributed by atoms with Crippen molar-refractivity contribution in [3.63, 3.8) is 0 Å². The third-order valence-corrected chi connectivity index (χ3v) is 3.04. The fourth-order valence-corrected chi connectivity index (χ4v) is 2.07. The zero-order valence-electron chi connectivity index (χ0n) is 12.1. The van der Waals surface area contributed by atoms with Gasteiger partial charge in [-0.3, -0.25) is 0 Å². The van der Waals surface area contributed by atoms with Gasteiger partial charge in [0.1, 0.15) is 24.2 Å². The zero-order chi connectivity index (χ0) is 15.1. The highest BCUT2D eigenvalue weighted by Gasteiger charge is 2.09. The van der Waals surface area contributed by atoms with Crippen molar-refractivity contribution < 1.29 is 19.3 Å². The fourth-order valence-electron chi connectivity index (χ4n) is 2.07. The Balaban J connectivity index is 2.07. The van der Waals surface area contributed by atoms with E-state index < -0.39 is 6.10 Å². The predicted octanol–water partition coefficient (Wildman–Crippen LogP) is 2.79. The van der Waals surface area contributed by atoms with Crippen LogP contribution in [0.4, 0.5) is 0 Å². The van der Waals surface area contributed by atoms with E-state index in [4.69, 9.17) is 14.2 Å². The van der Waals surface area contributed by atoms with Crippen molar-refractivity contribution in [1.82, 2.24) is 0 Å². The molecule has 112 valence electrons. The first-order valence-corrected chi connectivity index (χ1v) is 6.81. The molecule has 0 fully saturated rings. The number of rotatable bonds is 8. The van der Waals surface area contributed by atoms with E-state index in [0.29, 0.717) is 12.4 Å². The van der Waals surface area contributed by atoms with Crippen LogP contribution in [-0.2, 0) is 4.74 Å². The Morgan fingerprint density at radius 3 is 2.43 bits per heavy atom. The third kappa shape index (κ3) is 3.97. The molecule has 4 nitrogen and oxygen atoms in total. The van der Waals surface area contributed by atoms with Gasteiger partial charge in [-0.1, -0.05) is 30.3 Å². The largest absolute Gasteiger partial charge is 0.496 e. The van der Waals surface area contributed by atoms with E-state index in [1.807, 2.05) is 36.4 Å². The predicted molar refractivity (Wildman–Crippen MR) is 83.0 cm³/mol. The monoisotopic (exact) mass is 288 g/mol. The first kappa shape index (κ1) is 15.4. The average molecular weight is 288 g/mol. The highest BCUT2D eigenvalue weighted by Crippen LogP contribution is 2.32. The summed E-state index contributed by atoms with van der Waals surface area (Å²) >= 11 is 0. The lowest BCUT2D eigenvalue weighted by Crippen LogP contribution is -2.23. The van der Waals surface area contributed by atoms with E-state index >= 15 is 0 Å². The van der Waals surface area contributed by atoms with Crippen LogP contribution in [0, 0.1) is 0 Å². The minimum atomic E-state index is -0.675. The molecule has 0 saturated heterocycles. The first-order chi connectivity index (χ1) is 10.3. The molecular weight excluding hydrogens is 268 g/mol. The van der Waals surface area contributed by atoms with Crippen LogP contribution in [0.25, 0.3) is 10.8 Å². The summed E-state index contributed by atoms with van der Waals surface area (Å²) in [6.07, 6.45) is 0.968. The van der Waals surface area contributed by atoms with E-state index in [1.54, 1.807) is 13.2 Å². The fraction of sp³-hybridized carbons (Fsp3) is 0.294. The molecule has 4 heteroatoms. The van der Waals surface area contributed by atoms with Crippen LogP contribution >= 0.6 is 0 Å². The van der Waals surface area contributed by atoms with Crippen LogP contribution in [-0.4, -0.2) is 38.1 Å². The molecule has 0 aliphatic rings. The van der Waals surface area contributed by atoms with E-state index in [-0.39, 0.29) is 13.2 Å². The lowest BCUT2D eigenvalue weighted by atomic mass is 10.1. The van der Waals surface area contributed by atoms with Crippen LogP contribution in [0.5, 0.6) is 11.5 Å². The molecule has 0 amide bonds. The van der Waals surface area contributed by atoms with E-state index in [2.05, 4.69) is 6.58 Å². The highest BCUT2D eigenvalue weighted by molar-refractivity contribution is 5.93. The van der Waals surface area contributed by atoms with Crippen molar-refractivity contribution in [2.75, 3.05) is 26.9 Å². The molecule has 1 unspecified atom stereocenters. The lowest BCUT2D eigenvalue weighted by molar-refractivity contribution is 0.0217. The van der Waals surface area contributed by atoms with Crippen LogP contribution in [0.1, 0.15) is 0 Å². The smallest absolute Gasteiger partial charge is 0.127 e. The number of methoxy groups -OCH3 is 1. The molecule has 0 saturated carbocycles. The minimum absolute atomic E-state index is 0.174. The Morgan fingerprint density at radius 2 is 1.76 bits per heavy atom. The summed E-state index contributed by atoms with van der Waals surface area (Å²) in [6.45, 7) is 4.37. The molecule has 0 radical (unpaired) electrons. The Bertz CT molecular complexity index is 594. The Labute approximate surface area is 124 Å². The second-order valence-electron chi connectivity index (χ2n) is 4.60. The number of benzene rings is 2. The van der Waals surface area contributed by atoms with Crippen LogP contribution in [0.2, 0.25) is 0 Å². The molecule has 0 spiro atoms. The molecule has 0 bridgehead atoms. The summed E-state index contributed by atoms with van der Waals surface area (Å²) < 4.78 is 16.2. The molecule has 21 heavy (non-hydrogen) atoms. The second-order valence-corrected chi connectivity index (χ2v) is 4.60. The number of ether oxygens (including phenoxy) is 3. The van der Waals surface area contributed by atoms with Gasteiger partial charge < -0.3 is 19.3 Å². The number of fused-ring (bicyclic) bond motifs is 1. The lowest BCUT2D eigenvalue weighted by Gasteiger charge is -2.15. The molecule has 0 aliphatic heterocycles. The van der Waals surface area contributed by atoms with Gasteiger partial charge >= 0.3 is 0 Å². The Morgan fingerprint density at radius 1 is 1.10 bits per heavy atom. The molecule has 0 aliphatic carbocycles. The van der Waals surface area contributed by atoms with Crippen LogP contribution in [0.15, 0.2) is 49.1 Å². The van der Waals surface area contributed by atoms with Gasteiger partial charge in [0.05, 0.1) is 20.3 Å². The SMILES string of the molecule is C=CCOCC(O)COc1ccc(OC)c2ccccc12. The topological polar surface area (TPSA) is 47.9 Å². The molecule has 1 atom stereocenters. The van der Waals surface area contributed by atoms with Crippen molar-refractivity contribution in [1.29, 1.82) is 0 Å². The van der Waals surface area contributed by atoms with Crippen molar-refractivity contribution >= 4 is 10.8 Å². The summed E-state index contributed by atoms with van der Waals surface area (Å²) in [5.41, 5.74) is 0. The van der Waals surface area contributed by atoms with Crippen molar-refractivity contribution in [3.8, 4) is 11.5 Å². The van der Waals surface area contributed by atoms with Crippen molar-refractivity contribution in [2.24, 2.45) is 0 Å².